The van der Waals surface area contributed by atoms with E-state index in [0.717, 1.165) is 43.2 Å². The van der Waals surface area contributed by atoms with E-state index in [-0.39, 0.29) is 25.2 Å². The van der Waals surface area contributed by atoms with Gasteiger partial charge >= 0.3 is 11.9 Å². The molecule has 41 heavy (non-hydrogen) atoms. The second-order valence-electron chi connectivity index (χ2n) is 8.88. The summed E-state index contributed by atoms with van der Waals surface area (Å²) in [4.78, 5) is 36.2. The minimum atomic E-state index is -0.389. The third-order valence-corrected chi connectivity index (χ3v) is 7.72. The van der Waals surface area contributed by atoms with Crippen molar-refractivity contribution in [2.75, 3.05) is 26.4 Å². The molecule has 7 nitrogen and oxygen atoms in total. The Morgan fingerprint density at radius 2 is 1.32 bits per heavy atom. The van der Waals surface area contributed by atoms with E-state index < -0.39 is 0 Å². The summed E-state index contributed by atoms with van der Waals surface area (Å²) in [7, 11) is 0. The molecule has 0 aromatic heterocycles. The van der Waals surface area contributed by atoms with Crippen LogP contribution in [0.2, 0.25) is 5.02 Å². The molecule has 0 spiro atoms. The minimum absolute atomic E-state index is 0.0555. The highest BCUT2D eigenvalue weighted by Crippen LogP contribution is 2.37. The predicted molar refractivity (Wildman–Crippen MR) is 164 cm³/mol. The Bertz CT molecular complexity index is 1380. The fraction of sp³-hybridized carbons (Fsp3) is 0.323. The quantitative estimate of drug-likeness (QED) is 0.135. The third-order valence-electron chi connectivity index (χ3n) is 5.58. The molecule has 0 fully saturated rings. The summed E-state index contributed by atoms with van der Waals surface area (Å²) in [5, 5.41) is 0.536. The van der Waals surface area contributed by atoms with Gasteiger partial charge in [-0.1, -0.05) is 29.4 Å². The molecule has 0 unspecified atom stereocenters. The van der Waals surface area contributed by atoms with E-state index in [9.17, 15) is 14.4 Å². The molecular weight excluding hydrogens is 584 g/mol. The van der Waals surface area contributed by atoms with Crippen LogP contribution in [0.15, 0.2) is 57.2 Å². The molecule has 0 aliphatic carbocycles. The number of carbonyl (C=O) groups is 3. The van der Waals surface area contributed by atoms with Gasteiger partial charge in [-0.15, -0.1) is 12.6 Å². The summed E-state index contributed by atoms with van der Waals surface area (Å²) >= 11 is 12.1. The van der Waals surface area contributed by atoms with Crippen molar-refractivity contribution in [3.05, 3.63) is 75.3 Å². The molecule has 0 aliphatic rings. The smallest absolute Gasteiger partial charge is 0.344 e. The zero-order valence-electron chi connectivity index (χ0n) is 24.0. The lowest BCUT2D eigenvalue weighted by Crippen LogP contribution is -2.15. The van der Waals surface area contributed by atoms with Crippen LogP contribution >= 0.6 is 36.0 Å². The second kappa shape index (κ2) is 17.0. The minimum Gasteiger partial charge on any atom is -0.482 e. The number of carbonyl (C=O) groups excluding carboxylic acids is 3. The van der Waals surface area contributed by atoms with Crippen molar-refractivity contribution in [1.29, 1.82) is 0 Å². The maximum absolute atomic E-state index is 11.4. The Balaban J connectivity index is 0.000000317. The maximum atomic E-state index is 11.4. The van der Waals surface area contributed by atoms with E-state index in [1.54, 1.807) is 26.0 Å². The number of esters is 2. The fourth-order valence-electron chi connectivity index (χ4n) is 3.43. The normalized spacial score (nSPS) is 10.2. The molecule has 0 amide bonds. The Hall–Kier alpha value is -3.14. The van der Waals surface area contributed by atoms with Gasteiger partial charge in [0.1, 0.15) is 17.8 Å². The Morgan fingerprint density at radius 1 is 0.780 bits per heavy atom. The molecule has 3 rings (SSSR count). The Kier molecular flexibility index (Phi) is 14.1. The molecule has 0 N–H and O–H groups in total. The highest BCUT2D eigenvalue weighted by atomic mass is 35.5. The van der Waals surface area contributed by atoms with E-state index in [1.807, 2.05) is 58.0 Å². The van der Waals surface area contributed by atoms with Gasteiger partial charge in [0, 0.05) is 20.2 Å². The molecule has 3 aromatic carbocycles. The van der Waals surface area contributed by atoms with Crippen LogP contribution in [0.3, 0.4) is 0 Å². The Labute approximate surface area is 256 Å². The maximum Gasteiger partial charge on any atom is 0.344 e. The van der Waals surface area contributed by atoms with Crippen molar-refractivity contribution in [1.82, 2.24) is 0 Å². The van der Waals surface area contributed by atoms with Crippen molar-refractivity contribution < 1.29 is 33.3 Å². The number of rotatable bonds is 11. The predicted octanol–water partition coefficient (Wildman–Crippen LogP) is 7.40. The Morgan fingerprint density at radius 3 is 1.83 bits per heavy atom. The van der Waals surface area contributed by atoms with Gasteiger partial charge in [0.25, 0.3) is 0 Å². The largest absolute Gasteiger partial charge is 0.482 e. The molecule has 220 valence electrons. The van der Waals surface area contributed by atoms with Gasteiger partial charge in [-0.05, 0) is 100 Å². The first-order valence-electron chi connectivity index (χ1n) is 12.9. The zero-order valence-corrected chi connectivity index (χ0v) is 26.5. The topological polar surface area (TPSA) is 88.1 Å². The van der Waals surface area contributed by atoms with Crippen LogP contribution in [0.4, 0.5) is 0 Å². The van der Waals surface area contributed by atoms with Gasteiger partial charge in [0.05, 0.1) is 18.2 Å². The van der Waals surface area contributed by atoms with Crippen LogP contribution < -0.4 is 9.47 Å². The summed E-state index contributed by atoms with van der Waals surface area (Å²) in [6.07, 6.45) is 0.769. The number of thiol groups is 1. The highest BCUT2D eigenvalue weighted by Gasteiger charge is 2.12. The average Bonchev–Trinajstić information content (AvgIpc) is 2.92. The van der Waals surface area contributed by atoms with E-state index in [1.165, 1.54) is 11.8 Å². The number of aldehydes is 1. The highest BCUT2D eigenvalue weighted by molar-refractivity contribution is 7.99. The number of benzene rings is 3. The lowest BCUT2D eigenvalue weighted by molar-refractivity contribution is -0.146. The van der Waals surface area contributed by atoms with Gasteiger partial charge in [-0.25, -0.2) is 9.59 Å². The molecular formula is C31H35ClO7S2. The van der Waals surface area contributed by atoms with Gasteiger partial charge < -0.3 is 18.9 Å². The molecule has 0 atom stereocenters. The van der Waals surface area contributed by atoms with Crippen LogP contribution in [-0.2, 0) is 19.1 Å². The summed E-state index contributed by atoms with van der Waals surface area (Å²) in [6.45, 7) is 11.8. The summed E-state index contributed by atoms with van der Waals surface area (Å²) in [5.41, 5.74) is 4.45. The van der Waals surface area contributed by atoms with Gasteiger partial charge in [0.15, 0.2) is 13.2 Å². The van der Waals surface area contributed by atoms with Crippen molar-refractivity contribution in [3.63, 3.8) is 0 Å². The lowest BCUT2D eigenvalue weighted by Gasteiger charge is -2.13. The monoisotopic (exact) mass is 618 g/mol. The van der Waals surface area contributed by atoms with Gasteiger partial charge in [-0.2, -0.15) is 0 Å². The van der Waals surface area contributed by atoms with E-state index in [2.05, 4.69) is 12.6 Å². The summed E-state index contributed by atoms with van der Waals surface area (Å²) in [6, 6.07) is 12.9. The number of halogens is 1. The zero-order chi connectivity index (χ0) is 30.5. The van der Waals surface area contributed by atoms with E-state index in [4.69, 9.17) is 30.5 Å². The first kappa shape index (κ1) is 34.1. The average molecular weight is 619 g/mol. The second-order valence-corrected chi connectivity index (χ2v) is 10.9. The summed E-state index contributed by atoms with van der Waals surface area (Å²) < 4.78 is 20.6. The van der Waals surface area contributed by atoms with E-state index in [0.29, 0.717) is 35.3 Å². The molecule has 0 saturated carbocycles. The number of hydrogen-bond acceptors (Lipinski definition) is 9. The van der Waals surface area contributed by atoms with Crippen LogP contribution in [0.5, 0.6) is 11.5 Å². The molecule has 0 radical (unpaired) electrons. The molecule has 0 bridgehead atoms. The van der Waals surface area contributed by atoms with Crippen molar-refractivity contribution in [2.45, 2.75) is 56.2 Å². The molecule has 0 saturated heterocycles. The summed E-state index contributed by atoms with van der Waals surface area (Å²) in [5.74, 6) is 0.607. The molecule has 10 heteroatoms. The fourth-order valence-corrected chi connectivity index (χ4v) is 4.98. The van der Waals surface area contributed by atoms with E-state index >= 15 is 0 Å². The lowest BCUT2D eigenvalue weighted by atomic mass is 10.1. The van der Waals surface area contributed by atoms with Crippen molar-refractivity contribution in [3.8, 4) is 11.5 Å². The number of aryl methyl sites for hydroxylation is 4. The third kappa shape index (κ3) is 11.0. The molecule has 0 aliphatic heterocycles. The van der Waals surface area contributed by atoms with Crippen LogP contribution in [-0.4, -0.2) is 44.7 Å². The SMILES string of the molecule is CCOC(=O)COc1cc(C)c(S)cc1C.CCOC(=O)COc1cc(C)c(Sc2ccc(C=O)cc2Cl)cc1C. The van der Waals surface area contributed by atoms with Crippen LogP contribution in [0.25, 0.3) is 0 Å². The molecule has 0 heterocycles. The number of ether oxygens (including phenoxy) is 4. The van der Waals surface area contributed by atoms with Crippen molar-refractivity contribution >= 4 is 54.2 Å². The molecule has 3 aromatic rings. The first-order valence-corrected chi connectivity index (χ1v) is 14.5. The van der Waals surface area contributed by atoms with Crippen LogP contribution in [0.1, 0.15) is 46.5 Å². The van der Waals surface area contributed by atoms with Gasteiger partial charge in [-0.3, -0.25) is 4.79 Å². The standard InChI is InChI=1S/C19H19ClO4S.C12H16O3S/c1-4-23-19(22)11-24-16-7-13(3)18(8-12(16)2)25-17-6-5-14(10-21)9-15(17)20;1-4-14-12(13)7-15-10-5-9(3)11(16)6-8(10)2/h5-10H,4,11H2,1-3H3;5-6,16H,4,7H2,1-3H3. The van der Waals surface area contributed by atoms with Crippen molar-refractivity contribution in [2.24, 2.45) is 0 Å². The van der Waals surface area contributed by atoms with Crippen LogP contribution in [0, 0.1) is 27.7 Å². The number of hydrogen-bond donors (Lipinski definition) is 1. The van der Waals surface area contributed by atoms with Gasteiger partial charge in [0.2, 0.25) is 0 Å². The first-order chi connectivity index (χ1) is 19.5.